The number of alkyl halides is 1. The standard InChI is InChI=1S/C18H24ClNO4/c1-5-24-18(22)15-8-7-14(20(15)17(21)10-19)13-6-9-16(23-4)12(3)11(13)2/h6,9,14-15H,5,7-8,10H2,1-4H3/t14-,15+/m1/s1. The van der Waals surface area contributed by atoms with Crippen LogP contribution in [0.2, 0.25) is 0 Å². The van der Waals surface area contributed by atoms with E-state index in [0.29, 0.717) is 19.4 Å². The molecular formula is C18H24ClNO4. The molecule has 1 aromatic carbocycles. The van der Waals surface area contributed by atoms with E-state index < -0.39 is 6.04 Å². The summed E-state index contributed by atoms with van der Waals surface area (Å²) in [7, 11) is 1.64. The summed E-state index contributed by atoms with van der Waals surface area (Å²) >= 11 is 5.79. The molecule has 0 saturated carbocycles. The van der Waals surface area contributed by atoms with Crippen molar-refractivity contribution in [3.63, 3.8) is 0 Å². The van der Waals surface area contributed by atoms with Crippen molar-refractivity contribution in [2.24, 2.45) is 0 Å². The number of benzene rings is 1. The van der Waals surface area contributed by atoms with E-state index in [0.717, 1.165) is 22.4 Å². The van der Waals surface area contributed by atoms with Gasteiger partial charge >= 0.3 is 5.97 Å². The Morgan fingerprint density at radius 1 is 1.25 bits per heavy atom. The number of likely N-dealkylation sites (tertiary alicyclic amines) is 1. The minimum absolute atomic E-state index is 0.152. The van der Waals surface area contributed by atoms with Gasteiger partial charge in [0, 0.05) is 0 Å². The van der Waals surface area contributed by atoms with Crippen molar-refractivity contribution >= 4 is 23.5 Å². The predicted octanol–water partition coefficient (Wildman–Crippen LogP) is 3.15. The lowest BCUT2D eigenvalue weighted by Gasteiger charge is -2.30. The number of hydrogen-bond acceptors (Lipinski definition) is 4. The van der Waals surface area contributed by atoms with Crippen LogP contribution in [0.4, 0.5) is 0 Å². The molecule has 0 spiro atoms. The maximum absolute atomic E-state index is 12.4. The monoisotopic (exact) mass is 353 g/mol. The summed E-state index contributed by atoms with van der Waals surface area (Å²) < 4.78 is 10.5. The Kier molecular flexibility index (Phi) is 6.10. The highest BCUT2D eigenvalue weighted by molar-refractivity contribution is 6.27. The third-order valence-corrected chi connectivity index (χ3v) is 4.93. The smallest absolute Gasteiger partial charge is 0.328 e. The zero-order valence-corrected chi connectivity index (χ0v) is 15.4. The van der Waals surface area contributed by atoms with Gasteiger partial charge in [0.25, 0.3) is 0 Å². The number of ether oxygens (including phenoxy) is 2. The molecule has 0 bridgehead atoms. The van der Waals surface area contributed by atoms with Crippen LogP contribution in [0.5, 0.6) is 5.75 Å². The summed E-state index contributed by atoms with van der Waals surface area (Å²) in [5, 5.41) is 0. The fourth-order valence-electron chi connectivity index (χ4n) is 3.40. The Labute approximate surface area is 147 Å². The molecule has 1 heterocycles. The summed E-state index contributed by atoms with van der Waals surface area (Å²) in [5.74, 6) is 0.0542. The second-order valence-corrected chi connectivity index (χ2v) is 6.17. The first-order chi connectivity index (χ1) is 11.5. The molecule has 1 saturated heterocycles. The van der Waals surface area contributed by atoms with Crippen molar-refractivity contribution in [2.45, 2.75) is 45.7 Å². The summed E-state index contributed by atoms with van der Waals surface area (Å²) in [6, 6.07) is 3.13. The molecule has 2 rings (SSSR count). The van der Waals surface area contributed by atoms with E-state index >= 15 is 0 Å². The molecule has 1 aromatic rings. The molecule has 0 aliphatic carbocycles. The van der Waals surface area contributed by atoms with E-state index in [1.165, 1.54) is 0 Å². The summed E-state index contributed by atoms with van der Waals surface area (Å²) in [6.07, 6.45) is 1.29. The normalized spacial score (nSPS) is 20.1. The van der Waals surface area contributed by atoms with Crippen LogP contribution in [0.3, 0.4) is 0 Å². The first kappa shape index (κ1) is 18.6. The number of methoxy groups -OCH3 is 1. The highest BCUT2D eigenvalue weighted by Gasteiger charge is 2.42. The largest absolute Gasteiger partial charge is 0.496 e. The number of nitrogens with zero attached hydrogens (tertiary/aromatic N) is 1. The fourth-order valence-corrected chi connectivity index (χ4v) is 3.54. The van der Waals surface area contributed by atoms with Gasteiger partial charge in [0.05, 0.1) is 19.8 Å². The Morgan fingerprint density at radius 3 is 2.54 bits per heavy atom. The quantitative estimate of drug-likeness (QED) is 0.602. The van der Waals surface area contributed by atoms with Gasteiger partial charge in [-0.2, -0.15) is 0 Å². The molecule has 1 aliphatic rings. The van der Waals surface area contributed by atoms with Gasteiger partial charge in [0.2, 0.25) is 5.91 Å². The van der Waals surface area contributed by atoms with E-state index in [1.807, 2.05) is 26.0 Å². The number of halogens is 1. The molecule has 5 nitrogen and oxygen atoms in total. The molecular weight excluding hydrogens is 330 g/mol. The lowest BCUT2D eigenvalue weighted by atomic mass is 9.95. The van der Waals surface area contributed by atoms with Crippen molar-refractivity contribution in [3.8, 4) is 5.75 Å². The molecule has 1 aliphatic heterocycles. The van der Waals surface area contributed by atoms with Gasteiger partial charge in [-0.3, -0.25) is 4.79 Å². The van der Waals surface area contributed by atoms with Crippen LogP contribution in [0, 0.1) is 13.8 Å². The first-order valence-electron chi connectivity index (χ1n) is 8.14. The number of carbonyl (C=O) groups excluding carboxylic acids is 2. The third kappa shape index (κ3) is 3.36. The van der Waals surface area contributed by atoms with Crippen LogP contribution in [0.25, 0.3) is 0 Å². The number of rotatable bonds is 5. The van der Waals surface area contributed by atoms with Crippen LogP contribution in [-0.2, 0) is 14.3 Å². The Bertz CT molecular complexity index is 632. The zero-order valence-electron chi connectivity index (χ0n) is 14.6. The molecule has 2 atom stereocenters. The minimum atomic E-state index is -0.567. The topological polar surface area (TPSA) is 55.8 Å². The van der Waals surface area contributed by atoms with Crippen LogP contribution in [0.1, 0.15) is 42.5 Å². The Hall–Kier alpha value is -1.75. The molecule has 0 unspecified atom stereocenters. The summed E-state index contributed by atoms with van der Waals surface area (Å²) in [4.78, 5) is 26.2. The van der Waals surface area contributed by atoms with Crippen molar-refractivity contribution in [1.29, 1.82) is 0 Å². The zero-order chi connectivity index (χ0) is 17.9. The molecule has 0 N–H and O–H groups in total. The maximum Gasteiger partial charge on any atom is 0.328 e. The minimum Gasteiger partial charge on any atom is -0.496 e. The second kappa shape index (κ2) is 7.88. The van der Waals surface area contributed by atoms with Crippen molar-refractivity contribution < 1.29 is 19.1 Å². The number of carbonyl (C=O) groups is 2. The Balaban J connectivity index is 2.40. The van der Waals surface area contributed by atoms with Crippen LogP contribution >= 0.6 is 11.6 Å². The van der Waals surface area contributed by atoms with Gasteiger partial charge in [-0.25, -0.2) is 4.79 Å². The van der Waals surface area contributed by atoms with E-state index in [9.17, 15) is 9.59 Å². The molecule has 6 heteroatoms. The van der Waals surface area contributed by atoms with E-state index in [2.05, 4.69) is 0 Å². The van der Waals surface area contributed by atoms with Gasteiger partial charge in [-0.1, -0.05) is 6.07 Å². The van der Waals surface area contributed by atoms with Crippen molar-refractivity contribution in [2.75, 3.05) is 19.6 Å². The van der Waals surface area contributed by atoms with E-state index in [1.54, 1.807) is 18.9 Å². The third-order valence-electron chi connectivity index (χ3n) is 4.70. The maximum atomic E-state index is 12.4. The molecule has 1 amide bonds. The first-order valence-corrected chi connectivity index (χ1v) is 8.67. The molecule has 1 fully saturated rings. The average molecular weight is 354 g/mol. The van der Waals surface area contributed by atoms with Gasteiger partial charge in [0.15, 0.2) is 0 Å². The highest BCUT2D eigenvalue weighted by Crippen LogP contribution is 2.40. The van der Waals surface area contributed by atoms with E-state index in [-0.39, 0.29) is 23.8 Å². The SMILES string of the molecule is CCOC(=O)[C@@H]1CC[C@H](c2ccc(OC)c(C)c2C)N1C(=O)CCl. The number of amides is 1. The highest BCUT2D eigenvalue weighted by atomic mass is 35.5. The predicted molar refractivity (Wildman–Crippen MR) is 92.4 cm³/mol. The van der Waals surface area contributed by atoms with Gasteiger partial charge < -0.3 is 14.4 Å². The van der Waals surface area contributed by atoms with Gasteiger partial charge in [-0.15, -0.1) is 11.6 Å². The molecule has 24 heavy (non-hydrogen) atoms. The number of esters is 1. The van der Waals surface area contributed by atoms with Gasteiger partial charge in [0.1, 0.15) is 17.7 Å². The molecule has 132 valence electrons. The second-order valence-electron chi connectivity index (χ2n) is 5.90. The average Bonchev–Trinajstić information content (AvgIpc) is 3.01. The fraction of sp³-hybridized carbons (Fsp3) is 0.556. The van der Waals surface area contributed by atoms with Gasteiger partial charge in [-0.05, 0) is 56.4 Å². The summed E-state index contributed by atoms with van der Waals surface area (Å²) in [5.41, 5.74) is 3.13. The Morgan fingerprint density at radius 2 is 1.96 bits per heavy atom. The van der Waals surface area contributed by atoms with Crippen LogP contribution < -0.4 is 4.74 Å². The lowest BCUT2D eigenvalue weighted by molar-refractivity contribution is -0.153. The number of hydrogen-bond donors (Lipinski definition) is 0. The van der Waals surface area contributed by atoms with Crippen LogP contribution in [0.15, 0.2) is 12.1 Å². The van der Waals surface area contributed by atoms with Crippen molar-refractivity contribution in [3.05, 3.63) is 28.8 Å². The van der Waals surface area contributed by atoms with Crippen LogP contribution in [-0.4, -0.2) is 42.4 Å². The summed E-state index contributed by atoms with van der Waals surface area (Å²) in [6.45, 7) is 6.05. The van der Waals surface area contributed by atoms with Crippen molar-refractivity contribution in [1.82, 2.24) is 4.90 Å². The molecule has 0 radical (unpaired) electrons. The molecule has 0 aromatic heterocycles. The lowest BCUT2D eigenvalue weighted by Crippen LogP contribution is -2.43. The van der Waals surface area contributed by atoms with E-state index in [4.69, 9.17) is 21.1 Å².